The van der Waals surface area contributed by atoms with Crippen LogP contribution in [0.1, 0.15) is 36.5 Å². The van der Waals surface area contributed by atoms with Crippen molar-refractivity contribution >= 4 is 10.8 Å². The molecule has 0 N–H and O–H groups in total. The molecule has 3 aromatic rings. The molecule has 1 heterocycles. The third-order valence-corrected chi connectivity index (χ3v) is 4.46. The van der Waals surface area contributed by atoms with E-state index in [2.05, 4.69) is 88.0 Å². The van der Waals surface area contributed by atoms with Crippen LogP contribution in [0.4, 0.5) is 0 Å². The Morgan fingerprint density at radius 3 is 2.36 bits per heavy atom. The van der Waals surface area contributed by atoms with Crippen LogP contribution in [-0.2, 0) is 7.05 Å². The molecule has 0 unspecified atom stereocenters. The molecule has 22 heavy (non-hydrogen) atoms. The van der Waals surface area contributed by atoms with Crippen molar-refractivity contribution in [2.45, 2.75) is 33.6 Å². The summed E-state index contributed by atoms with van der Waals surface area (Å²) in [6.45, 7) is 8.85. The summed E-state index contributed by atoms with van der Waals surface area (Å²) < 4.78 is 2.23. The summed E-state index contributed by atoms with van der Waals surface area (Å²) >= 11 is 0. The van der Waals surface area contributed by atoms with E-state index in [9.17, 15) is 0 Å². The molecule has 0 fully saturated rings. The number of rotatable bonds is 2. The Labute approximate surface area is 133 Å². The van der Waals surface area contributed by atoms with Crippen molar-refractivity contribution in [1.82, 2.24) is 0 Å². The van der Waals surface area contributed by atoms with Gasteiger partial charge in [0.25, 0.3) is 0 Å². The second kappa shape index (κ2) is 5.57. The van der Waals surface area contributed by atoms with Crippen molar-refractivity contribution < 1.29 is 4.57 Å². The smallest absolute Gasteiger partial charge is 0.200 e. The van der Waals surface area contributed by atoms with Crippen LogP contribution in [-0.4, -0.2) is 0 Å². The third-order valence-electron chi connectivity index (χ3n) is 4.46. The average molecular weight is 290 g/mol. The first-order valence-corrected chi connectivity index (χ1v) is 7.97. The Kier molecular flexibility index (Phi) is 3.74. The van der Waals surface area contributed by atoms with Gasteiger partial charge >= 0.3 is 0 Å². The van der Waals surface area contributed by atoms with Crippen LogP contribution in [0, 0.1) is 13.8 Å². The number of fused-ring (bicyclic) bond motifs is 1. The van der Waals surface area contributed by atoms with Crippen molar-refractivity contribution in [3.63, 3.8) is 0 Å². The highest BCUT2D eigenvalue weighted by Gasteiger charge is 2.17. The minimum absolute atomic E-state index is 0.566. The van der Waals surface area contributed by atoms with Crippen molar-refractivity contribution in [2.24, 2.45) is 7.05 Å². The van der Waals surface area contributed by atoms with Gasteiger partial charge in [-0.25, -0.2) is 4.57 Å². The van der Waals surface area contributed by atoms with Crippen molar-refractivity contribution in [2.75, 3.05) is 0 Å². The van der Waals surface area contributed by atoms with E-state index in [1.165, 1.54) is 38.7 Å². The van der Waals surface area contributed by atoms with Gasteiger partial charge in [-0.15, -0.1) is 0 Å². The largest absolute Gasteiger partial charge is 0.220 e. The Bertz CT molecular complexity index is 844. The first-order valence-electron chi connectivity index (χ1n) is 7.97. The number of benzene rings is 2. The first kappa shape index (κ1) is 14.8. The summed E-state index contributed by atoms with van der Waals surface area (Å²) in [5.74, 6) is 0.566. The predicted octanol–water partition coefficient (Wildman–Crippen LogP) is 5.07. The summed E-state index contributed by atoms with van der Waals surface area (Å²) in [4.78, 5) is 0. The monoisotopic (exact) mass is 290 g/mol. The lowest BCUT2D eigenvalue weighted by molar-refractivity contribution is -0.659. The molecule has 0 spiro atoms. The van der Waals surface area contributed by atoms with E-state index in [-0.39, 0.29) is 0 Å². The van der Waals surface area contributed by atoms with Gasteiger partial charge in [0.1, 0.15) is 7.05 Å². The number of hydrogen-bond donors (Lipinski definition) is 0. The molecule has 0 aliphatic carbocycles. The standard InChI is InChI=1S/C21H24N/c1-14(2)17-7-9-19(16(4)13-17)21-20-8-6-15(3)12-18(20)10-11-22(21)5/h6-14H,1-5H3/q+1. The van der Waals surface area contributed by atoms with Gasteiger partial charge < -0.3 is 0 Å². The third kappa shape index (κ3) is 2.52. The van der Waals surface area contributed by atoms with Gasteiger partial charge in [-0.2, -0.15) is 0 Å². The molecule has 1 heteroatoms. The summed E-state index contributed by atoms with van der Waals surface area (Å²) in [5.41, 5.74) is 6.67. The summed E-state index contributed by atoms with van der Waals surface area (Å²) in [6.07, 6.45) is 2.16. The van der Waals surface area contributed by atoms with Crippen LogP contribution < -0.4 is 4.57 Å². The molecule has 0 atom stereocenters. The van der Waals surface area contributed by atoms with Gasteiger partial charge in [-0.05, 0) is 48.4 Å². The number of hydrogen-bond acceptors (Lipinski definition) is 0. The molecule has 0 amide bonds. The van der Waals surface area contributed by atoms with E-state index < -0.39 is 0 Å². The average Bonchev–Trinajstić information content (AvgIpc) is 2.48. The number of pyridine rings is 1. The quantitative estimate of drug-likeness (QED) is 0.580. The van der Waals surface area contributed by atoms with Gasteiger partial charge in [0.05, 0.1) is 5.39 Å². The Morgan fingerprint density at radius 1 is 0.909 bits per heavy atom. The van der Waals surface area contributed by atoms with Crippen LogP contribution in [0.15, 0.2) is 48.7 Å². The highest BCUT2D eigenvalue weighted by atomic mass is 14.9. The zero-order valence-corrected chi connectivity index (χ0v) is 14.1. The fourth-order valence-corrected chi connectivity index (χ4v) is 3.14. The minimum Gasteiger partial charge on any atom is -0.200 e. The SMILES string of the molecule is Cc1ccc2c(-c3ccc(C(C)C)cc3C)[n+](C)ccc2c1. The van der Waals surface area contributed by atoms with Crippen LogP contribution >= 0.6 is 0 Å². The minimum atomic E-state index is 0.566. The zero-order chi connectivity index (χ0) is 15.9. The maximum absolute atomic E-state index is 2.33. The van der Waals surface area contributed by atoms with E-state index in [4.69, 9.17) is 0 Å². The fraction of sp³-hybridized carbons (Fsp3) is 0.286. The van der Waals surface area contributed by atoms with Crippen LogP contribution in [0.2, 0.25) is 0 Å². The summed E-state index contributed by atoms with van der Waals surface area (Å²) in [5, 5.41) is 2.62. The first-order chi connectivity index (χ1) is 10.5. The predicted molar refractivity (Wildman–Crippen MR) is 94.1 cm³/mol. The van der Waals surface area contributed by atoms with E-state index >= 15 is 0 Å². The lowest BCUT2D eigenvalue weighted by Gasteiger charge is -2.11. The molecule has 0 saturated heterocycles. The molecule has 0 bridgehead atoms. The van der Waals surface area contributed by atoms with Gasteiger partial charge in [-0.3, -0.25) is 0 Å². The number of aryl methyl sites for hydroxylation is 3. The molecule has 0 radical (unpaired) electrons. The lowest BCUT2D eigenvalue weighted by atomic mass is 9.94. The second-order valence-electron chi connectivity index (χ2n) is 6.60. The van der Waals surface area contributed by atoms with Gasteiger partial charge in [0.2, 0.25) is 5.69 Å². The molecular formula is C21H24N+. The van der Waals surface area contributed by atoms with Crippen LogP contribution in [0.5, 0.6) is 0 Å². The molecule has 3 rings (SSSR count). The molecule has 0 saturated carbocycles. The normalized spacial score (nSPS) is 11.4. The van der Waals surface area contributed by atoms with E-state index in [1.54, 1.807) is 0 Å². The number of nitrogens with zero attached hydrogens (tertiary/aromatic N) is 1. The Morgan fingerprint density at radius 2 is 1.68 bits per heavy atom. The summed E-state index contributed by atoms with van der Waals surface area (Å²) in [7, 11) is 2.13. The maximum Gasteiger partial charge on any atom is 0.220 e. The summed E-state index contributed by atoms with van der Waals surface area (Å²) in [6, 6.07) is 15.8. The molecule has 1 nitrogen and oxygen atoms in total. The Hall–Kier alpha value is -2.15. The highest BCUT2D eigenvalue weighted by Crippen LogP contribution is 2.30. The van der Waals surface area contributed by atoms with Crippen molar-refractivity contribution in [3.8, 4) is 11.3 Å². The zero-order valence-electron chi connectivity index (χ0n) is 14.1. The van der Waals surface area contributed by atoms with E-state index in [1.807, 2.05) is 0 Å². The van der Waals surface area contributed by atoms with Gasteiger partial charge in [0, 0.05) is 11.6 Å². The molecule has 2 aromatic carbocycles. The lowest BCUT2D eigenvalue weighted by Crippen LogP contribution is -2.30. The highest BCUT2D eigenvalue weighted by molar-refractivity contribution is 5.93. The van der Waals surface area contributed by atoms with Crippen molar-refractivity contribution in [1.29, 1.82) is 0 Å². The second-order valence-corrected chi connectivity index (χ2v) is 6.60. The fourth-order valence-electron chi connectivity index (χ4n) is 3.14. The van der Waals surface area contributed by atoms with Crippen molar-refractivity contribution in [3.05, 3.63) is 65.4 Å². The molecule has 0 aliphatic heterocycles. The van der Waals surface area contributed by atoms with E-state index in [0.29, 0.717) is 5.92 Å². The van der Waals surface area contributed by atoms with E-state index in [0.717, 1.165) is 0 Å². The van der Waals surface area contributed by atoms with Gasteiger partial charge in [-0.1, -0.05) is 43.7 Å². The molecule has 1 aromatic heterocycles. The molecule has 0 aliphatic rings. The van der Waals surface area contributed by atoms with Crippen LogP contribution in [0.3, 0.4) is 0 Å². The van der Waals surface area contributed by atoms with Gasteiger partial charge in [0.15, 0.2) is 6.20 Å². The molecular weight excluding hydrogens is 266 g/mol. The molecule has 112 valence electrons. The number of aromatic nitrogens is 1. The van der Waals surface area contributed by atoms with Crippen LogP contribution in [0.25, 0.3) is 22.0 Å². The topological polar surface area (TPSA) is 3.88 Å². The maximum atomic E-state index is 2.33. The Balaban J connectivity index is 2.28.